The van der Waals surface area contributed by atoms with Crippen molar-refractivity contribution in [3.05, 3.63) is 81.4 Å². The molecule has 2 aromatic heterocycles. The van der Waals surface area contributed by atoms with Crippen LogP contribution in [-0.2, 0) is 0 Å². The first-order chi connectivity index (χ1) is 12.0. The summed E-state index contributed by atoms with van der Waals surface area (Å²) in [5, 5.41) is 10.2. The molecule has 124 valence electrons. The fraction of sp³-hybridized carbons (Fsp3) is 0.105. The lowest BCUT2D eigenvalue weighted by Gasteiger charge is -2.09. The summed E-state index contributed by atoms with van der Waals surface area (Å²) < 4.78 is 3.03. The third-order valence-corrected chi connectivity index (χ3v) is 4.37. The second-order valence-corrected chi connectivity index (χ2v) is 6.37. The molecule has 0 saturated carbocycles. The number of rotatable bonds is 2. The average molecular weight is 351 g/mol. The molecule has 5 nitrogen and oxygen atoms in total. The third kappa shape index (κ3) is 2.62. The first-order valence-electron chi connectivity index (χ1n) is 7.85. The monoisotopic (exact) mass is 350 g/mol. The van der Waals surface area contributed by atoms with Crippen LogP contribution in [0.3, 0.4) is 0 Å². The Bertz CT molecular complexity index is 1140. The van der Waals surface area contributed by atoms with Gasteiger partial charge in [0.05, 0.1) is 23.3 Å². The molecule has 0 bridgehead atoms. The summed E-state index contributed by atoms with van der Waals surface area (Å²) in [5.74, 6) is 0. The highest BCUT2D eigenvalue weighted by molar-refractivity contribution is 6.30. The Morgan fingerprint density at radius 3 is 2.44 bits per heavy atom. The molecule has 0 atom stereocenters. The van der Waals surface area contributed by atoms with E-state index in [2.05, 4.69) is 10.2 Å². The average Bonchev–Trinajstić information content (AvgIpc) is 3.05. The predicted octanol–water partition coefficient (Wildman–Crippen LogP) is 3.84. The highest BCUT2D eigenvalue weighted by Gasteiger charge is 2.16. The Morgan fingerprint density at radius 1 is 0.960 bits per heavy atom. The number of hydrogen-bond donors (Lipinski definition) is 0. The lowest BCUT2D eigenvalue weighted by atomic mass is 10.2. The number of aromatic nitrogens is 4. The Balaban J connectivity index is 2.02. The van der Waals surface area contributed by atoms with Gasteiger partial charge in [-0.3, -0.25) is 4.79 Å². The molecule has 6 heteroatoms. The summed E-state index contributed by atoms with van der Waals surface area (Å²) in [7, 11) is 0. The third-order valence-electron chi connectivity index (χ3n) is 4.14. The van der Waals surface area contributed by atoms with E-state index in [9.17, 15) is 4.79 Å². The molecule has 0 amide bonds. The fourth-order valence-corrected chi connectivity index (χ4v) is 3.02. The van der Waals surface area contributed by atoms with E-state index in [-0.39, 0.29) is 5.56 Å². The van der Waals surface area contributed by atoms with E-state index >= 15 is 0 Å². The summed E-state index contributed by atoms with van der Waals surface area (Å²) in [6.07, 6.45) is 1.67. The molecule has 25 heavy (non-hydrogen) atoms. The summed E-state index contributed by atoms with van der Waals surface area (Å²) >= 11 is 6.09. The van der Waals surface area contributed by atoms with Crippen LogP contribution in [0.2, 0.25) is 5.02 Å². The van der Waals surface area contributed by atoms with Crippen molar-refractivity contribution in [1.82, 2.24) is 19.6 Å². The topological polar surface area (TPSA) is 52.7 Å². The van der Waals surface area contributed by atoms with Gasteiger partial charge < -0.3 is 0 Å². The van der Waals surface area contributed by atoms with Crippen LogP contribution in [0.1, 0.15) is 11.3 Å². The summed E-state index contributed by atoms with van der Waals surface area (Å²) in [6, 6.07) is 14.9. The van der Waals surface area contributed by atoms with E-state index in [0.29, 0.717) is 10.5 Å². The first-order valence-corrected chi connectivity index (χ1v) is 8.23. The highest BCUT2D eigenvalue weighted by Crippen LogP contribution is 2.20. The second kappa shape index (κ2) is 5.86. The van der Waals surface area contributed by atoms with Crippen molar-refractivity contribution in [2.24, 2.45) is 0 Å². The van der Waals surface area contributed by atoms with Gasteiger partial charge in [-0.15, -0.1) is 0 Å². The van der Waals surface area contributed by atoms with Crippen LogP contribution < -0.4 is 5.56 Å². The summed E-state index contributed by atoms with van der Waals surface area (Å²) in [4.78, 5) is 13.1. The van der Waals surface area contributed by atoms with Crippen molar-refractivity contribution < 1.29 is 0 Å². The molecule has 0 unspecified atom stereocenters. The van der Waals surface area contributed by atoms with Crippen molar-refractivity contribution in [2.75, 3.05) is 0 Å². The molecule has 2 aromatic carbocycles. The van der Waals surface area contributed by atoms with Gasteiger partial charge in [0.25, 0.3) is 5.56 Å². The molecule has 0 N–H and O–H groups in total. The molecule has 0 aliphatic rings. The summed E-state index contributed by atoms with van der Waals surface area (Å²) in [6.45, 7) is 3.87. The molecule has 0 aliphatic heterocycles. The minimum atomic E-state index is -0.220. The maximum absolute atomic E-state index is 13.1. The van der Waals surface area contributed by atoms with Crippen molar-refractivity contribution >= 4 is 22.5 Å². The Kier molecular flexibility index (Phi) is 3.66. The predicted molar refractivity (Wildman–Crippen MR) is 98.9 cm³/mol. The maximum Gasteiger partial charge on any atom is 0.298 e. The zero-order valence-corrected chi connectivity index (χ0v) is 14.5. The molecule has 0 spiro atoms. The van der Waals surface area contributed by atoms with E-state index in [0.717, 1.165) is 28.0 Å². The Hall–Kier alpha value is -2.92. The van der Waals surface area contributed by atoms with Gasteiger partial charge in [-0.2, -0.15) is 14.9 Å². The van der Waals surface area contributed by atoms with Crippen molar-refractivity contribution in [1.29, 1.82) is 0 Å². The lowest BCUT2D eigenvalue weighted by molar-refractivity contribution is 0.790. The molecule has 2 heterocycles. The van der Waals surface area contributed by atoms with Crippen LogP contribution in [0, 0.1) is 13.8 Å². The quantitative estimate of drug-likeness (QED) is 0.552. The van der Waals surface area contributed by atoms with Gasteiger partial charge in [0.1, 0.15) is 5.52 Å². The Labute approximate surface area is 149 Å². The van der Waals surface area contributed by atoms with Crippen molar-refractivity contribution in [3.8, 4) is 11.4 Å². The van der Waals surface area contributed by atoms with Crippen molar-refractivity contribution in [2.45, 2.75) is 13.8 Å². The Morgan fingerprint density at radius 2 is 1.72 bits per heavy atom. The van der Waals surface area contributed by atoms with E-state index in [1.807, 2.05) is 50.2 Å². The van der Waals surface area contributed by atoms with Gasteiger partial charge in [0, 0.05) is 10.4 Å². The summed E-state index contributed by atoms with van der Waals surface area (Å²) in [5.41, 5.74) is 3.58. The van der Waals surface area contributed by atoms with Crippen molar-refractivity contribution in [3.63, 3.8) is 0 Å². The van der Waals surface area contributed by atoms with Gasteiger partial charge >= 0.3 is 0 Å². The maximum atomic E-state index is 13.1. The minimum Gasteiger partial charge on any atom is -0.265 e. The number of halogens is 1. The normalized spacial score (nSPS) is 11.2. The minimum absolute atomic E-state index is 0.220. The van der Waals surface area contributed by atoms with Crippen LogP contribution in [-0.4, -0.2) is 19.6 Å². The van der Waals surface area contributed by atoms with Gasteiger partial charge in [-0.25, -0.2) is 4.68 Å². The van der Waals surface area contributed by atoms with E-state index in [1.165, 1.54) is 4.68 Å². The molecule has 4 aromatic rings. The van der Waals surface area contributed by atoms with E-state index in [4.69, 9.17) is 11.6 Å². The van der Waals surface area contributed by atoms with Crippen LogP contribution in [0.25, 0.3) is 22.3 Å². The standard InChI is InChI=1S/C19H15ClN4O/c1-12-6-8-15(9-7-12)24-19(25)18-17(13(2)22-24)11-21-23(18)16-5-3-4-14(20)10-16/h3-11H,1-2H3. The molecule has 0 aliphatic carbocycles. The number of aryl methyl sites for hydroxylation is 2. The van der Waals surface area contributed by atoms with Gasteiger partial charge in [-0.1, -0.05) is 35.4 Å². The highest BCUT2D eigenvalue weighted by atomic mass is 35.5. The number of nitrogens with zero attached hydrogens (tertiary/aromatic N) is 4. The first kappa shape index (κ1) is 15.6. The molecular formula is C19H15ClN4O. The van der Waals surface area contributed by atoms with E-state index in [1.54, 1.807) is 23.0 Å². The van der Waals surface area contributed by atoms with Crippen LogP contribution >= 0.6 is 11.6 Å². The fourth-order valence-electron chi connectivity index (χ4n) is 2.83. The number of fused-ring (bicyclic) bond motifs is 1. The van der Waals surface area contributed by atoms with Crippen LogP contribution in [0.15, 0.2) is 59.5 Å². The number of benzene rings is 2. The van der Waals surface area contributed by atoms with Crippen LogP contribution in [0.5, 0.6) is 0 Å². The van der Waals surface area contributed by atoms with Crippen LogP contribution in [0.4, 0.5) is 0 Å². The second-order valence-electron chi connectivity index (χ2n) is 5.94. The molecular weight excluding hydrogens is 336 g/mol. The zero-order valence-electron chi connectivity index (χ0n) is 13.8. The van der Waals surface area contributed by atoms with Gasteiger partial charge in [0.2, 0.25) is 0 Å². The molecule has 0 radical (unpaired) electrons. The largest absolute Gasteiger partial charge is 0.298 e. The molecule has 4 rings (SSSR count). The zero-order chi connectivity index (χ0) is 17.6. The van der Waals surface area contributed by atoms with Gasteiger partial charge in [0.15, 0.2) is 0 Å². The molecule has 0 saturated heterocycles. The van der Waals surface area contributed by atoms with Gasteiger partial charge in [-0.05, 0) is 44.2 Å². The SMILES string of the molecule is Cc1ccc(-n2nc(C)c3cnn(-c4cccc(Cl)c4)c3c2=O)cc1. The lowest BCUT2D eigenvalue weighted by Crippen LogP contribution is -2.24. The smallest absolute Gasteiger partial charge is 0.265 e. The van der Waals surface area contributed by atoms with E-state index < -0.39 is 0 Å². The number of hydrogen-bond acceptors (Lipinski definition) is 3. The molecule has 0 fully saturated rings.